The van der Waals surface area contributed by atoms with Gasteiger partial charge in [0.2, 0.25) is 6.29 Å². The van der Waals surface area contributed by atoms with E-state index in [0.29, 0.717) is 4.43 Å². The Hall–Kier alpha value is -0.480. The van der Waals surface area contributed by atoms with Crippen molar-refractivity contribution in [2.45, 2.75) is 30.7 Å². The van der Waals surface area contributed by atoms with Crippen LogP contribution in [0, 0.1) is 5.82 Å². The average molecular weight is 384 g/mol. The number of halogens is 2. The van der Waals surface area contributed by atoms with E-state index in [-0.39, 0.29) is 5.75 Å². The van der Waals surface area contributed by atoms with Crippen LogP contribution in [-0.2, 0) is 4.74 Å². The van der Waals surface area contributed by atoms with Crippen molar-refractivity contribution in [1.82, 2.24) is 0 Å². The van der Waals surface area contributed by atoms with Gasteiger partial charge in [-0.3, -0.25) is 0 Å². The van der Waals surface area contributed by atoms with Crippen LogP contribution in [-0.4, -0.2) is 50.5 Å². The average Bonchev–Trinajstić information content (AvgIpc) is 2.41. The van der Waals surface area contributed by atoms with Gasteiger partial charge in [0.25, 0.3) is 0 Å². The molecule has 3 N–H and O–H groups in total. The van der Waals surface area contributed by atoms with Gasteiger partial charge in [0.1, 0.15) is 18.3 Å². The number of hydrogen-bond acceptors (Lipinski definition) is 5. The highest BCUT2D eigenvalue weighted by Gasteiger charge is 2.44. The van der Waals surface area contributed by atoms with Crippen molar-refractivity contribution in [3.05, 3.63) is 30.1 Å². The Kier molecular flexibility index (Phi) is 4.96. The summed E-state index contributed by atoms with van der Waals surface area (Å²) < 4.78 is 24.4. The van der Waals surface area contributed by atoms with Crippen LogP contribution in [0.2, 0.25) is 0 Å². The Balaban J connectivity index is 2.13. The van der Waals surface area contributed by atoms with Crippen molar-refractivity contribution in [3.8, 4) is 5.75 Å². The standard InChI is InChI=1S/C12H14FIO5/c13-6-3-1-2-4-7(6)18-12-11(17)10(16)9(15)8(5-14)19-12/h1-4,8-12,15-17H,5H2/t8-,9+,10-,11+,12-/m0/s1. The molecule has 0 aromatic heterocycles. The smallest absolute Gasteiger partial charge is 0.229 e. The lowest BCUT2D eigenvalue weighted by molar-refractivity contribution is -0.266. The second-order valence-electron chi connectivity index (χ2n) is 4.22. The van der Waals surface area contributed by atoms with Crippen molar-refractivity contribution < 1.29 is 29.2 Å². The van der Waals surface area contributed by atoms with Crippen molar-refractivity contribution in [2.24, 2.45) is 0 Å². The number of para-hydroxylation sites is 1. The molecule has 7 heteroatoms. The molecule has 1 heterocycles. The molecular formula is C12H14FIO5. The third-order valence-electron chi connectivity index (χ3n) is 2.90. The third-order valence-corrected chi connectivity index (χ3v) is 3.77. The minimum atomic E-state index is -1.45. The molecule has 0 bridgehead atoms. The van der Waals surface area contributed by atoms with Gasteiger partial charge in [0, 0.05) is 4.43 Å². The number of rotatable bonds is 3. The predicted octanol–water partition coefficient (Wildman–Crippen LogP) is 0.447. The summed E-state index contributed by atoms with van der Waals surface area (Å²) in [7, 11) is 0. The van der Waals surface area contributed by atoms with Gasteiger partial charge in [-0.2, -0.15) is 0 Å². The van der Waals surface area contributed by atoms with Crippen LogP contribution in [0.1, 0.15) is 0 Å². The maximum Gasteiger partial charge on any atom is 0.229 e. The zero-order valence-corrected chi connectivity index (χ0v) is 12.0. The van der Waals surface area contributed by atoms with Crippen LogP contribution < -0.4 is 4.74 Å². The quantitative estimate of drug-likeness (QED) is 0.521. The van der Waals surface area contributed by atoms with E-state index >= 15 is 0 Å². The Labute approximate surface area is 123 Å². The summed E-state index contributed by atoms with van der Waals surface area (Å²) in [6, 6.07) is 5.69. The minimum Gasteiger partial charge on any atom is -0.459 e. The molecule has 1 aromatic carbocycles. The molecule has 19 heavy (non-hydrogen) atoms. The monoisotopic (exact) mass is 384 g/mol. The van der Waals surface area contributed by atoms with Gasteiger partial charge in [-0.05, 0) is 12.1 Å². The first-order valence-corrected chi connectivity index (χ1v) is 7.24. The molecule has 1 aromatic rings. The Morgan fingerprint density at radius 1 is 1.16 bits per heavy atom. The lowest BCUT2D eigenvalue weighted by atomic mass is 10.00. The van der Waals surface area contributed by atoms with Gasteiger partial charge >= 0.3 is 0 Å². The van der Waals surface area contributed by atoms with Gasteiger partial charge < -0.3 is 24.8 Å². The topological polar surface area (TPSA) is 79.2 Å². The van der Waals surface area contributed by atoms with Crippen molar-refractivity contribution in [1.29, 1.82) is 0 Å². The third kappa shape index (κ3) is 3.16. The maximum absolute atomic E-state index is 13.4. The summed E-state index contributed by atoms with van der Waals surface area (Å²) in [4.78, 5) is 0. The highest BCUT2D eigenvalue weighted by molar-refractivity contribution is 14.1. The number of ether oxygens (including phenoxy) is 2. The second-order valence-corrected chi connectivity index (χ2v) is 5.10. The number of aliphatic hydroxyl groups is 3. The summed E-state index contributed by atoms with van der Waals surface area (Å²) >= 11 is 1.98. The molecule has 1 aliphatic rings. The predicted molar refractivity (Wildman–Crippen MR) is 72.6 cm³/mol. The fraction of sp³-hybridized carbons (Fsp3) is 0.500. The zero-order valence-electron chi connectivity index (χ0n) is 9.82. The van der Waals surface area contributed by atoms with Crippen LogP contribution in [0.4, 0.5) is 4.39 Å². The number of alkyl halides is 1. The van der Waals surface area contributed by atoms with E-state index in [2.05, 4.69) is 0 Å². The molecule has 5 nitrogen and oxygen atoms in total. The fourth-order valence-corrected chi connectivity index (χ4v) is 2.54. The molecule has 0 radical (unpaired) electrons. The first kappa shape index (κ1) is 14.9. The van der Waals surface area contributed by atoms with Crippen LogP contribution in [0.5, 0.6) is 5.75 Å². The number of hydrogen-bond donors (Lipinski definition) is 3. The molecule has 1 fully saturated rings. The molecule has 0 aliphatic carbocycles. The highest BCUT2D eigenvalue weighted by atomic mass is 127. The first-order valence-electron chi connectivity index (χ1n) is 5.71. The van der Waals surface area contributed by atoms with E-state index in [0.717, 1.165) is 0 Å². The van der Waals surface area contributed by atoms with Gasteiger partial charge in [-0.25, -0.2) is 4.39 Å². The van der Waals surface area contributed by atoms with Crippen LogP contribution in [0.15, 0.2) is 24.3 Å². The van der Waals surface area contributed by atoms with Gasteiger partial charge in [0.05, 0.1) is 6.10 Å². The molecule has 1 saturated heterocycles. The molecule has 0 saturated carbocycles. The summed E-state index contributed by atoms with van der Waals surface area (Å²) in [5, 5.41) is 29.2. The molecule has 106 valence electrons. The second kappa shape index (κ2) is 6.31. The SMILES string of the molecule is O[C@@H]1[C@@H](O)[C@@H](Oc2ccccc2F)O[C@@H](CI)[C@H]1O. The molecule has 0 spiro atoms. The van der Waals surface area contributed by atoms with Crippen molar-refractivity contribution in [3.63, 3.8) is 0 Å². The van der Waals surface area contributed by atoms with E-state index in [1.807, 2.05) is 22.6 Å². The van der Waals surface area contributed by atoms with Gasteiger partial charge in [0.15, 0.2) is 11.6 Å². The zero-order chi connectivity index (χ0) is 14.0. The van der Waals surface area contributed by atoms with E-state index in [4.69, 9.17) is 9.47 Å². The molecule has 0 amide bonds. The number of benzene rings is 1. The Morgan fingerprint density at radius 2 is 1.84 bits per heavy atom. The van der Waals surface area contributed by atoms with E-state index in [9.17, 15) is 19.7 Å². The van der Waals surface area contributed by atoms with Crippen LogP contribution in [0.3, 0.4) is 0 Å². The minimum absolute atomic E-state index is 0.0812. The van der Waals surface area contributed by atoms with Crippen LogP contribution in [0.25, 0.3) is 0 Å². The molecule has 5 atom stereocenters. The van der Waals surface area contributed by atoms with Gasteiger partial charge in [-0.1, -0.05) is 34.7 Å². The summed E-state index contributed by atoms with van der Waals surface area (Å²) in [5.41, 5.74) is 0. The van der Waals surface area contributed by atoms with E-state index < -0.39 is 36.5 Å². The van der Waals surface area contributed by atoms with E-state index in [1.165, 1.54) is 18.2 Å². The lowest BCUT2D eigenvalue weighted by Gasteiger charge is -2.39. The number of aliphatic hydroxyl groups excluding tert-OH is 3. The lowest BCUT2D eigenvalue weighted by Crippen LogP contribution is -2.59. The normalized spacial score (nSPS) is 35.1. The van der Waals surface area contributed by atoms with E-state index in [1.54, 1.807) is 6.07 Å². The molecule has 2 rings (SSSR count). The molecular weight excluding hydrogens is 370 g/mol. The fourth-order valence-electron chi connectivity index (χ4n) is 1.81. The van der Waals surface area contributed by atoms with Crippen LogP contribution >= 0.6 is 22.6 Å². The van der Waals surface area contributed by atoms with Crippen molar-refractivity contribution >= 4 is 22.6 Å². The largest absolute Gasteiger partial charge is 0.459 e. The Bertz CT molecular complexity index is 430. The maximum atomic E-state index is 13.4. The summed E-state index contributed by atoms with van der Waals surface area (Å²) in [6.45, 7) is 0. The molecule has 0 unspecified atom stereocenters. The highest BCUT2D eigenvalue weighted by Crippen LogP contribution is 2.26. The first-order chi connectivity index (χ1) is 9.04. The summed E-state index contributed by atoms with van der Waals surface area (Å²) in [5.74, 6) is -0.674. The summed E-state index contributed by atoms with van der Waals surface area (Å²) in [6.07, 6.45) is -5.96. The molecule has 1 aliphatic heterocycles. The van der Waals surface area contributed by atoms with Crippen molar-refractivity contribution in [2.75, 3.05) is 4.43 Å². The Morgan fingerprint density at radius 3 is 2.47 bits per heavy atom. The van der Waals surface area contributed by atoms with Gasteiger partial charge in [-0.15, -0.1) is 0 Å².